The summed E-state index contributed by atoms with van der Waals surface area (Å²) in [5.41, 5.74) is 0.463. The number of unbranched alkanes of at least 4 members (excludes halogenated alkanes) is 4. The van der Waals surface area contributed by atoms with Crippen molar-refractivity contribution in [2.45, 2.75) is 83.2 Å². The first-order valence-electron chi connectivity index (χ1n) is 23.9. The van der Waals surface area contributed by atoms with E-state index in [9.17, 15) is 56.0 Å². The average Bonchev–Trinajstić information content (AvgIpc) is 3.36. The summed E-state index contributed by atoms with van der Waals surface area (Å²) >= 11 is 0. The largest absolute Gasteiger partial charge is 0.416 e. The SMILES string of the molecule is CC1=C(C(=O)NCCCNCCCCCCCNCCCNC(=O)C2=C(C)N(c3cccc(C(F)(F)F)c3)C(=O)N[C@@H]2c2ccc(C#N)cc2)[C@@H](c2ccc(C#N)cc2)NC(=O)N1c1cccc(C(F)(F)F)c1. The van der Waals surface area contributed by atoms with Crippen LogP contribution in [0.25, 0.3) is 0 Å². The van der Waals surface area contributed by atoms with Crippen molar-refractivity contribution < 1.29 is 45.5 Å². The molecule has 0 bridgehead atoms. The monoisotopic (exact) mass is 1010 g/mol. The molecule has 0 saturated carbocycles. The Morgan fingerprint density at radius 3 is 1.25 bits per heavy atom. The van der Waals surface area contributed by atoms with E-state index in [4.69, 9.17) is 0 Å². The molecule has 6 amide bonds. The van der Waals surface area contributed by atoms with E-state index in [0.717, 1.165) is 79.3 Å². The number of urea groups is 2. The average molecular weight is 1010 g/mol. The van der Waals surface area contributed by atoms with E-state index >= 15 is 0 Å². The minimum atomic E-state index is -4.64. The Morgan fingerprint density at radius 1 is 0.534 bits per heavy atom. The molecule has 0 fully saturated rings. The van der Waals surface area contributed by atoms with E-state index in [-0.39, 0.29) is 33.9 Å². The minimum absolute atomic E-state index is 0.0504. The van der Waals surface area contributed by atoms with Gasteiger partial charge >= 0.3 is 24.4 Å². The Kier molecular flexibility index (Phi) is 18.8. The van der Waals surface area contributed by atoms with Crippen LogP contribution in [0.15, 0.2) is 120 Å². The topological polar surface area (TPSA) is 195 Å². The highest BCUT2D eigenvalue weighted by Crippen LogP contribution is 2.39. The first-order valence-corrected chi connectivity index (χ1v) is 23.9. The summed E-state index contributed by atoms with van der Waals surface area (Å²) in [5.74, 6) is -0.983. The lowest BCUT2D eigenvalue weighted by atomic mass is 9.93. The van der Waals surface area contributed by atoms with Crippen LogP contribution in [0.3, 0.4) is 0 Å². The van der Waals surface area contributed by atoms with Crippen molar-refractivity contribution in [3.63, 3.8) is 0 Å². The number of nitriles is 2. The number of amides is 6. The lowest BCUT2D eigenvalue weighted by molar-refractivity contribution is -0.138. The fourth-order valence-electron chi connectivity index (χ4n) is 8.64. The summed E-state index contributed by atoms with van der Waals surface area (Å²) in [5, 5.41) is 36.6. The summed E-state index contributed by atoms with van der Waals surface area (Å²) in [6.07, 6.45) is -3.15. The van der Waals surface area contributed by atoms with Crippen LogP contribution in [0, 0.1) is 22.7 Å². The van der Waals surface area contributed by atoms with Crippen molar-refractivity contribution in [2.75, 3.05) is 49.1 Å². The molecule has 4 aromatic carbocycles. The van der Waals surface area contributed by atoms with Gasteiger partial charge in [-0.3, -0.25) is 19.4 Å². The van der Waals surface area contributed by atoms with Crippen LogP contribution in [0.5, 0.6) is 0 Å². The number of nitrogens with zero attached hydrogens (tertiary/aromatic N) is 4. The summed E-state index contributed by atoms with van der Waals surface area (Å²) in [7, 11) is 0. The van der Waals surface area contributed by atoms with E-state index in [0.29, 0.717) is 61.3 Å². The Labute approximate surface area is 419 Å². The van der Waals surface area contributed by atoms with E-state index in [1.807, 2.05) is 12.1 Å². The number of alkyl halides is 6. The van der Waals surface area contributed by atoms with Crippen molar-refractivity contribution in [1.82, 2.24) is 31.9 Å². The molecule has 6 rings (SSSR count). The molecule has 4 aromatic rings. The van der Waals surface area contributed by atoms with Gasteiger partial charge in [-0.05, 0) is 138 Å². The van der Waals surface area contributed by atoms with Crippen molar-refractivity contribution >= 4 is 35.3 Å². The van der Waals surface area contributed by atoms with Gasteiger partial charge in [0.1, 0.15) is 0 Å². The summed E-state index contributed by atoms with van der Waals surface area (Å²) in [6.45, 7) is 6.42. The van der Waals surface area contributed by atoms with Crippen LogP contribution in [0.4, 0.5) is 47.3 Å². The predicted molar refractivity (Wildman–Crippen MR) is 262 cm³/mol. The summed E-state index contributed by atoms with van der Waals surface area (Å²) in [4.78, 5) is 56.4. The molecule has 0 aromatic heterocycles. The number of allylic oxidation sites excluding steroid dienone is 2. The zero-order valence-electron chi connectivity index (χ0n) is 40.3. The Hall–Kier alpha value is -7.68. The number of rotatable bonds is 22. The maximum absolute atomic E-state index is 13.7. The molecule has 0 saturated heterocycles. The smallest absolute Gasteiger partial charge is 0.352 e. The molecule has 14 nitrogen and oxygen atoms in total. The molecule has 2 aliphatic heterocycles. The first-order chi connectivity index (χ1) is 34.9. The molecule has 2 aliphatic rings. The number of halogens is 6. The van der Waals surface area contributed by atoms with Gasteiger partial charge in [-0.15, -0.1) is 0 Å². The number of hydrogen-bond acceptors (Lipinski definition) is 8. The van der Waals surface area contributed by atoms with Crippen molar-refractivity contribution in [3.8, 4) is 12.1 Å². The molecule has 2 atom stereocenters. The molecule has 384 valence electrons. The van der Waals surface area contributed by atoms with E-state index < -0.39 is 59.4 Å². The van der Waals surface area contributed by atoms with Crippen LogP contribution >= 0.6 is 0 Å². The molecule has 0 aliphatic carbocycles. The Bertz CT molecular complexity index is 2580. The molecule has 0 radical (unpaired) electrons. The molecular formula is C53H56F6N10O4. The van der Waals surface area contributed by atoms with Gasteiger partial charge in [0.2, 0.25) is 0 Å². The third-order valence-corrected chi connectivity index (χ3v) is 12.4. The van der Waals surface area contributed by atoms with Crippen LogP contribution in [0.1, 0.15) is 104 Å². The fourth-order valence-corrected chi connectivity index (χ4v) is 8.64. The molecule has 2 heterocycles. The van der Waals surface area contributed by atoms with Crippen molar-refractivity contribution in [3.05, 3.63) is 153 Å². The number of hydrogen-bond donors (Lipinski definition) is 6. The Balaban J connectivity index is 0.886. The second kappa shape index (κ2) is 25.1. The lowest BCUT2D eigenvalue weighted by Gasteiger charge is -2.36. The third kappa shape index (κ3) is 14.3. The fraction of sp³-hybridized carbons (Fsp3) is 0.358. The van der Waals surface area contributed by atoms with Crippen LogP contribution in [-0.4, -0.2) is 63.1 Å². The van der Waals surface area contributed by atoms with Gasteiger partial charge in [0, 0.05) is 24.5 Å². The maximum atomic E-state index is 13.7. The summed E-state index contributed by atoms with van der Waals surface area (Å²) < 4.78 is 81.5. The van der Waals surface area contributed by atoms with Crippen molar-refractivity contribution in [1.29, 1.82) is 10.5 Å². The van der Waals surface area contributed by atoms with Gasteiger partial charge in [0.05, 0.1) is 69.0 Å². The number of anilines is 2. The highest BCUT2D eigenvalue weighted by atomic mass is 19.4. The number of carbonyl (C=O) groups is 4. The number of benzene rings is 4. The van der Waals surface area contributed by atoms with Crippen molar-refractivity contribution in [2.24, 2.45) is 0 Å². The van der Waals surface area contributed by atoms with E-state index in [2.05, 4.69) is 31.9 Å². The molecule has 0 spiro atoms. The van der Waals surface area contributed by atoms with Gasteiger partial charge in [-0.2, -0.15) is 36.9 Å². The number of nitrogens with one attached hydrogen (secondary N) is 6. The molecule has 0 unspecified atom stereocenters. The first kappa shape index (κ1) is 54.6. The minimum Gasteiger partial charge on any atom is -0.352 e. The molecule has 20 heteroatoms. The van der Waals surface area contributed by atoms with Crippen LogP contribution in [0.2, 0.25) is 0 Å². The van der Waals surface area contributed by atoms with Gasteiger partial charge in [-0.1, -0.05) is 55.7 Å². The highest BCUT2D eigenvalue weighted by molar-refractivity contribution is 6.06. The van der Waals surface area contributed by atoms with Crippen LogP contribution in [-0.2, 0) is 21.9 Å². The van der Waals surface area contributed by atoms with Gasteiger partial charge in [0.15, 0.2) is 0 Å². The van der Waals surface area contributed by atoms with Gasteiger partial charge in [-0.25, -0.2) is 9.59 Å². The zero-order valence-corrected chi connectivity index (χ0v) is 40.3. The summed E-state index contributed by atoms with van der Waals surface area (Å²) in [6, 6.07) is 22.1. The lowest BCUT2D eigenvalue weighted by Crippen LogP contribution is -2.49. The number of carbonyl (C=O) groups excluding carboxylic acids is 4. The molecular weight excluding hydrogens is 955 g/mol. The third-order valence-electron chi connectivity index (χ3n) is 12.4. The van der Waals surface area contributed by atoms with Crippen LogP contribution < -0.4 is 41.7 Å². The van der Waals surface area contributed by atoms with Gasteiger partial charge in [0.25, 0.3) is 11.8 Å². The predicted octanol–water partition coefficient (Wildman–Crippen LogP) is 9.40. The molecule has 6 N–H and O–H groups in total. The van der Waals surface area contributed by atoms with E-state index in [1.165, 1.54) is 38.1 Å². The quantitative estimate of drug-likeness (QED) is 0.0331. The van der Waals surface area contributed by atoms with Gasteiger partial charge < -0.3 is 31.9 Å². The Morgan fingerprint density at radius 2 is 0.890 bits per heavy atom. The van der Waals surface area contributed by atoms with E-state index in [1.54, 1.807) is 48.5 Å². The second-order valence-electron chi connectivity index (χ2n) is 17.5. The zero-order chi connectivity index (χ0) is 52.7. The standard InChI is InChI=1S/C53H56F6N10O4/c1-34-44(46(38-20-16-36(32-60)17-21-38)66-50(72)68(34)42-14-8-12-40(30-42)52(54,55)56)48(70)64-28-10-26-62-24-6-4-3-5-7-25-63-27-11-29-65-49(71)45-35(2)69(43-15-9-13-41(31-43)53(57,58)59)51(73)67-47(45)39-22-18-37(33-61)19-23-39/h8-9,12-23,30-31,46-47,62-63H,3-7,10-11,24-29H2,1-2H3,(H,64,70)(H,65,71)(H,66,72)(H,67,73)/t46-,47-/m1/s1. The molecule has 73 heavy (non-hydrogen) atoms. The second-order valence-corrected chi connectivity index (χ2v) is 17.5. The maximum Gasteiger partial charge on any atom is 0.416 e. The normalized spacial score (nSPS) is 16.1. The highest BCUT2D eigenvalue weighted by Gasteiger charge is 2.40.